The first-order valence-electron chi connectivity index (χ1n) is 16.0. The maximum atomic E-state index is 5.42. The standard InChI is InChI=1S/C44H30N2S.H4N2.Y/c1-31-15-10-11-28-46(36-22-12-20-34(29-36)32-16-4-2-5-17-32)40-26-14-25-39(42(31)40)43(33-18-6-3-7-19-33)45-30-35-21-13-24-38-37-23-8-9-27-41(37)47-44(35)38;1-2;/h2-16,18-19,21-29H,1,30H2;1-2H2;/q-2;;/b15-10-,28-11-,45-43?;;. The van der Waals surface area contributed by atoms with E-state index in [-0.39, 0.29) is 32.7 Å². The van der Waals surface area contributed by atoms with Gasteiger partial charge in [-0.1, -0.05) is 97.6 Å². The Morgan fingerprint density at radius 1 is 0.740 bits per heavy atom. The second kappa shape index (κ2) is 16.3. The second-order valence-corrected chi connectivity index (χ2v) is 12.5. The first-order chi connectivity index (χ1) is 24.2. The molecule has 0 atom stereocenters. The first-order valence-corrected chi connectivity index (χ1v) is 16.8. The molecule has 0 amide bonds. The molecular weight excluding hydrogens is 705 g/mol. The van der Waals surface area contributed by atoms with E-state index in [4.69, 9.17) is 4.99 Å². The number of nitrogens with two attached hydrogens (primary N) is 2. The van der Waals surface area contributed by atoms with Crippen LogP contribution in [0.25, 0.3) is 36.9 Å². The van der Waals surface area contributed by atoms with Gasteiger partial charge >= 0.3 is 0 Å². The average Bonchev–Trinajstić information content (AvgIpc) is 3.55. The van der Waals surface area contributed by atoms with Crippen LogP contribution >= 0.6 is 11.3 Å². The van der Waals surface area contributed by atoms with Gasteiger partial charge in [-0.25, -0.2) is 11.1 Å². The van der Waals surface area contributed by atoms with Gasteiger partial charge < -0.3 is 4.90 Å². The predicted octanol–water partition coefficient (Wildman–Crippen LogP) is 10.4. The fourth-order valence-electron chi connectivity index (χ4n) is 6.31. The number of fused-ring (bicyclic) bond motifs is 4. The summed E-state index contributed by atoms with van der Waals surface area (Å²) in [6.07, 6.45) is 8.31. The van der Waals surface area contributed by atoms with Gasteiger partial charge in [0.05, 0.1) is 17.9 Å². The Morgan fingerprint density at radius 2 is 1.50 bits per heavy atom. The number of anilines is 2. The molecule has 1 aliphatic heterocycles. The van der Waals surface area contributed by atoms with Crippen molar-refractivity contribution in [2.24, 2.45) is 16.7 Å². The molecule has 0 aliphatic carbocycles. The van der Waals surface area contributed by atoms with Crippen molar-refractivity contribution in [3.63, 3.8) is 0 Å². The molecule has 1 aliphatic rings. The van der Waals surface area contributed by atoms with Gasteiger partial charge in [-0.3, -0.25) is 16.7 Å². The molecule has 7 aromatic rings. The minimum Gasteiger partial charge on any atom is -0.335 e. The van der Waals surface area contributed by atoms with E-state index < -0.39 is 0 Å². The molecule has 4 nitrogen and oxygen atoms in total. The molecule has 2 heterocycles. The summed E-state index contributed by atoms with van der Waals surface area (Å²) in [5, 5.41) is 2.59. The SMILES string of the molecule is C=C1/C=C\C=C/N(c2cc[c-]c(-c3[c-]cccc3)c2)c2cccc(C(=NCc3cccc4c3sc3ccccc34)c3ccccc3)c21.NN.[Y]. The van der Waals surface area contributed by atoms with Gasteiger partial charge in [-0.15, -0.1) is 23.5 Å². The molecule has 0 unspecified atom stereocenters. The van der Waals surface area contributed by atoms with Crippen LogP contribution in [0.5, 0.6) is 0 Å². The number of hydrazine groups is 1. The van der Waals surface area contributed by atoms with Crippen LogP contribution in [0.2, 0.25) is 0 Å². The average molecular weight is 740 g/mol. The summed E-state index contributed by atoms with van der Waals surface area (Å²) in [7, 11) is 0. The van der Waals surface area contributed by atoms with E-state index in [1.54, 1.807) is 0 Å². The van der Waals surface area contributed by atoms with Gasteiger partial charge in [0.15, 0.2) is 0 Å². The van der Waals surface area contributed by atoms with Gasteiger partial charge in [-0.05, 0) is 35.0 Å². The molecule has 0 spiro atoms. The fraction of sp³-hybridized carbons (Fsp3) is 0.0227. The Bertz CT molecular complexity index is 2360. The van der Waals surface area contributed by atoms with Crippen molar-refractivity contribution >= 4 is 54.2 Å². The fourth-order valence-corrected chi connectivity index (χ4v) is 7.52. The molecule has 50 heavy (non-hydrogen) atoms. The normalized spacial score (nSPS) is 13.8. The van der Waals surface area contributed by atoms with Gasteiger partial charge in [0.1, 0.15) is 0 Å². The predicted molar refractivity (Wildman–Crippen MR) is 209 cm³/mol. The molecule has 0 saturated carbocycles. The summed E-state index contributed by atoms with van der Waals surface area (Å²) in [6.45, 7) is 5.12. The Balaban J connectivity index is 0.00000142. The van der Waals surface area contributed by atoms with Crippen molar-refractivity contribution in [2.45, 2.75) is 6.54 Å². The second-order valence-electron chi connectivity index (χ2n) is 11.5. The van der Waals surface area contributed by atoms with Gasteiger partial charge in [-0.2, -0.15) is 42.5 Å². The molecular formula is C44H34N4SY-2. The molecule has 1 radical (unpaired) electrons. The van der Waals surface area contributed by atoms with Crippen molar-refractivity contribution in [3.05, 3.63) is 199 Å². The Morgan fingerprint density at radius 3 is 2.34 bits per heavy atom. The summed E-state index contributed by atoms with van der Waals surface area (Å²) >= 11 is 1.85. The van der Waals surface area contributed by atoms with Crippen LogP contribution in [0.3, 0.4) is 0 Å². The van der Waals surface area contributed by atoms with E-state index in [0.29, 0.717) is 6.54 Å². The van der Waals surface area contributed by atoms with E-state index in [0.717, 1.165) is 50.5 Å². The molecule has 4 N–H and O–H groups in total. The van der Waals surface area contributed by atoms with Crippen LogP contribution in [0, 0.1) is 12.1 Å². The van der Waals surface area contributed by atoms with Crippen molar-refractivity contribution in [2.75, 3.05) is 4.90 Å². The Labute approximate surface area is 322 Å². The zero-order chi connectivity index (χ0) is 33.6. The summed E-state index contributed by atoms with van der Waals surface area (Å²) in [5.41, 5.74) is 10.3. The molecule has 1 aromatic heterocycles. The van der Waals surface area contributed by atoms with Crippen molar-refractivity contribution < 1.29 is 32.7 Å². The van der Waals surface area contributed by atoms with Crippen LogP contribution in [0.1, 0.15) is 22.3 Å². The maximum Gasteiger partial charge on any atom is 0.0730 e. The zero-order valence-corrected chi connectivity index (χ0v) is 31.1. The van der Waals surface area contributed by atoms with Gasteiger partial charge in [0, 0.05) is 75.8 Å². The number of benzene rings is 6. The minimum absolute atomic E-state index is 0. The third-order valence-electron chi connectivity index (χ3n) is 8.53. The third kappa shape index (κ3) is 7.11. The van der Waals surface area contributed by atoms with E-state index in [1.165, 1.54) is 25.7 Å². The van der Waals surface area contributed by atoms with Crippen LogP contribution in [-0.2, 0) is 39.3 Å². The number of aliphatic imine (C=N–C) groups is 1. The zero-order valence-electron chi connectivity index (χ0n) is 27.5. The topological polar surface area (TPSA) is 67.6 Å². The summed E-state index contributed by atoms with van der Waals surface area (Å²) in [6, 6.07) is 53.2. The van der Waals surface area contributed by atoms with E-state index in [1.807, 2.05) is 35.6 Å². The largest absolute Gasteiger partial charge is 0.335 e. The van der Waals surface area contributed by atoms with E-state index in [9.17, 15) is 0 Å². The molecule has 0 saturated heterocycles. The Kier molecular flexibility index (Phi) is 11.4. The molecule has 0 fully saturated rings. The van der Waals surface area contributed by atoms with Crippen molar-refractivity contribution in [3.8, 4) is 11.1 Å². The Hall–Kier alpha value is -4.75. The minimum atomic E-state index is 0. The number of nitrogens with zero attached hydrogens (tertiary/aromatic N) is 2. The van der Waals surface area contributed by atoms with Gasteiger partial charge in [0.2, 0.25) is 0 Å². The maximum absolute atomic E-state index is 5.42. The van der Waals surface area contributed by atoms with Crippen molar-refractivity contribution in [1.29, 1.82) is 0 Å². The first kappa shape index (κ1) is 35.1. The van der Waals surface area contributed by atoms with E-state index >= 15 is 0 Å². The third-order valence-corrected chi connectivity index (χ3v) is 9.79. The van der Waals surface area contributed by atoms with E-state index in [2.05, 4.69) is 169 Å². The molecule has 241 valence electrons. The molecule has 6 aromatic carbocycles. The monoisotopic (exact) mass is 739 g/mol. The smallest absolute Gasteiger partial charge is 0.0730 e. The molecule has 6 heteroatoms. The number of hydrogen-bond acceptors (Lipinski definition) is 5. The summed E-state index contributed by atoms with van der Waals surface area (Å²) < 4.78 is 2.60. The van der Waals surface area contributed by atoms with Gasteiger partial charge in [0.25, 0.3) is 0 Å². The van der Waals surface area contributed by atoms with Crippen LogP contribution in [-0.4, -0.2) is 5.71 Å². The summed E-state index contributed by atoms with van der Waals surface area (Å²) in [4.78, 5) is 7.65. The number of hydrogen-bond donors (Lipinski definition) is 2. The van der Waals surface area contributed by atoms with Crippen LogP contribution < -0.4 is 16.6 Å². The number of rotatable bonds is 6. The van der Waals surface area contributed by atoms with Crippen LogP contribution in [0.4, 0.5) is 11.4 Å². The quantitative estimate of drug-likeness (QED) is 0.0772. The molecule has 8 rings (SSSR count). The number of allylic oxidation sites excluding steroid dienone is 4. The van der Waals surface area contributed by atoms with Crippen LogP contribution in [0.15, 0.2) is 169 Å². The molecule has 0 bridgehead atoms. The summed E-state index contributed by atoms with van der Waals surface area (Å²) in [5.74, 6) is 8.00. The number of thiophene rings is 1. The van der Waals surface area contributed by atoms with Crippen molar-refractivity contribution in [1.82, 2.24) is 0 Å².